The van der Waals surface area contributed by atoms with Gasteiger partial charge in [-0.2, -0.15) is 9.97 Å². The lowest BCUT2D eigenvalue weighted by molar-refractivity contribution is 0.0904. The van der Waals surface area contributed by atoms with Crippen LogP contribution in [-0.4, -0.2) is 39.2 Å². The molecule has 0 unspecified atom stereocenters. The van der Waals surface area contributed by atoms with Crippen LogP contribution < -0.4 is 11.1 Å². The fourth-order valence-electron chi connectivity index (χ4n) is 1.99. The van der Waals surface area contributed by atoms with Gasteiger partial charge in [-0.15, -0.1) is 0 Å². The van der Waals surface area contributed by atoms with Crippen LogP contribution in [0.5, 0.6) is 0 Å². The van der Waals surface area contributed by atoms with E-state index in [9.17, 15) is 0 Å². The van der Waals surface area contributed by atoms with Crippen LogP contribution in [0.4, 0.5) is 11.8 Å². The summed E-state index contributed by atoms with van der Waals surface area (Å²) >= 11 is 0. The molecule has 0 aromatic carbocycles. The summed E-state index contributed by atoms with van der Waals surface area (Å²) in [7, 11) is 0. The maximum Gasteiger partial charge on any atom is 0.224 e. The first kappa shape index (κ1) is 10.3. The van der Waals surface area contributed by atoms with Gasteiger partial charge in [0.05, 0.1) is 6.33 Å². The van der Waals surface area contributed by atoms with Crippen LogP contribution >= 0.6 is 0 Å². The standard InChI is InChI=1S/C10H14N6O/c11-10-15-8-7(12-5-13-8)9(16-10)14-6-1-3-17-4-2-6/h5-6H,1-4H2,(H4,11,12,13,14,15,16). The van der Waals surface area contributed by atoms with Crippen molar-refractivity contribution in [2.45, 2.75) is 18.9 Å². The molecule has 2 aromatic heterocycles. The molecule has 1 fully saturated rings. The molecule has 0 amide bonds. The highest BCUT2D eigenvalue weighted by molar-refractivity contribution is 5.83. The van der Waals surface area contributed by atoms with Gasteiger partial charge in [0.15, 0.2) is 11.5 Å². The number of H-pyrrole nitrogens is 1. The summed E-state index contributed by atoms with van der Waals surface area (Å²) in [4.78, 5) is 15.4. The van der Waals surface area contributed by atoms with Crippen molar-refractivity contribution < 1.29 is 4.74 Å². The molecule has 0 spiro atoms. The predicted octanol–water partition coefficient (Wildman–Crippen LogP) is 0.526. The van der Waals surface area contributed by atoms with Gasteiger partial charge in [0.1, 0.15) is 5.52 Å². The van der Waals surface area contributed by atoms with E-state index >= 15 is 0 Å². The highest BCUT2D eigenvalue weighted by atomic mass is 16.5. The van der Waals surface area contributed by atoms with E-state index < -0.39 is 0 Å². The second kappa shape index (κ2) is 4.17. The molecule has 0 radical (unpaired) electrons. The van der Waals surface area contributed by atoms with Crippen molar-refractivity contribution in [3.63, 3.8) is 0 Å². The molecule has 7 nitrogen and oxygen atoms in total. The number of hydrogen-bond donors (Lipinski definition) is 3. The van der Waals surface area contributed by atoms with Gasteiger partial charge >= 0.3 is 0 Å². The average molecular weight is 234 g/mol. The molecule has 0 aliphatic carbocycles. The van der Waals surface area contributed by atoms with Gasteiger partial charge in [-0.3, -0.25) is 0 Å². The summed E-state index contributed by atoms with van der Waals surface area (Å²) < 4.78 is 5.32. The predicted molar refractivity (Wildman–Crippen MR) is 63.6 cm³/mol. The van der Waals surface area contributed by atoms with E-state index in [1.807, 2.05) is 0 Å². The van der Waals surface area contributed by atoms with Crippen LogP contribution in [0.15, 0.2) is 6.33 Å². The summed E-state index contributed by atoms with van der Waals surface area (Å²) in [5, 5.41) is 3.37. The SMILES string of the molecule is Nc1nc(NC2CCOCC2)c2[nH]cnc2n1. The quantitative estimate of drug-likeness (QED) is 0.700. The third-order valence-electron chi connectivity index (χ3n) is 2.87. The summed E-state index contributed by atoms with van der Waals surface area (Å²) in [6.45, 7) is 1.56. The first-order valence-corrected chi connectivity index (χ1v) is 5.64. The van der Waals surface area contributed by atoms with Crippen molar-refractivity contribution in [3.05, 3.63) is 6.33 Å². The van der Waals surface area contributed by atoms with Crippen molar-refractivity contribution in [1.82, 2.24) is 19.9 Å². The smallest absolute Gasteiger partial charge is 0.224 e. The van der Waals surface area contributed by atoms with Gasteiger partial charge in [0.2, 0.25) is 5.95 Å². The number of aromatic amines is 1. The third kappa shape index (κ3) is 2.01. The Morgan fingerprint density at radius 3 is 3.00 bits per heavy atom. The minimum absolute atomic E-state index is 0.235. The molecule has 1 aliphatic rings. The van der Waals surface area contributed by atoms with Gasteiger partial charge in [0, 0.05) is 19.3 Å². The number of fused-ring (bicyclic) bond motifs is 1. The summed E-state index contributed by atoms with van der Waals surface area (Å²) in [6.07, 6.45) is 3.53. The first-order valence-electron chi connectivity index (χ1n) is 5.64. The Morgan fingerprint density at radius 2 is 2.18 bits per heavy atom. The first-order chi connectivity index (χ1) is 8.33. The summed E-state index contributed by atoms with van der Waals surface area (Å²) in [6, 6.07) is 0.365. The van der Waals surface area contributed by atoms with Crippen LogP contribution in [0, 0.1) is 0 Å². The van der Waals surface area contributed by atoms with Crippen molar-refractivity contribution in [2.24, 2.45) is 0 Å². The Bertz CT molecular complexity index is 518. The minimum Gasteiger partial charge on any atom is -0.381 e. The number of nitrogen functional groups attached to an aromatic ring is 1. The lowest BCUT2D eigenvalue weighted by Gasteiger charge is -2.23. The Labute approximate surface area is 97.8 Å². The van der Waals surface area contributed by atoms with E-state index in [1.54, 1.807) is 6.33 Å². The zero-order chi connectivity index (χ0) is 11.7. The van der Waals surface area contributed by atoms with E-state index in [4.69, 9.17) is 10.5 Å². The normalized spacial score (nSPS) is 17.4. The Morgan fingerprint density at radius 1 is 1.35 bits per heavy atom. The number of aromatic nitrogens is 4. The number of imidazole rings is 1. The second-order valence-corrected chi connectivity index (χ2v) is 4.06. The molecule has 3 rings (SSSR count). The molecule has 2 aromatic rings. The molecular formula is C10H14N6O. The molecule has 17 heavy (non-hydrogen) atoms. The van der Waals surface area contributed by atoms with Gasteiger partial charge in [-0.25, -0.2) is 4.98 Å². The highest BCUT2D eigenvalue weighted by Crippen LogP contribution is 2.20. The van der Waals surface area contributed by atoms with Crippen LogP contribution in [-0.2, 0) is 4.74 Å². The molecule has 1 saturated heterocycles. The van der Waals surface area contributed by atoms with Gasteiger partial charge in [0.25, 0.3) is 0 Å². The largest absolute Gasteiger partial charge is 0.381 e. The van der Waals surface area contributed by atoms with Gasteiger partial charge in [-0.1, -0.05) is 0 Å². The zero-order valence-corrected chi connectivity index (χ0v) is 9.31. The summed E-state index contributed by atoms with van der Waals surface area (Å²) in [5.41, 5.74) is 7.03. The average Bonchev–Trinajstić information content (AvgIpc) is 2.78. The second-order valence-electron chi connectivity index (χ2n) is 4.06. The molecule has 4 N–H and O–H groups in total. The van der Waals surface area contributed by atoms with Gasteiger partial charge < -0.3 is 20.8 Å². The van der Waals surface area contributed by atoms with E-state index in [2.05, 4.69) is 25.3 Å². The fraction of sp³-hybridized carbons (Fsp3) is 0.500. The van der Waals surface area contributed by atoms with Crippen molar-refractivity contribution in [1.29, 1.82) is 0 Å². The maximum atomic E-state index is 5.65. The maximum absolute atomic E-state index is 5.65. The molecule has 1 aliphatic heterocycles. The Hall–Kier alpha value is -1.89. The lowest BCUT2D eigenvalue weighted by atomic mass is 10.1. The number of anilines is 2. The monoisotopic (exact) mass is 234 g/mol. The van der Waals surface area contributed by atoms with Crippen molar-refractivity contribution >= 4 is 22.9 Å². The molecular weight excluding hydrogens is 220 g/mol. The summed E-state index contributed by atoms with van der Waals surface area (Å²) in [5.74, 6) is 0.955. The molecule has 90 valence electrons. The molecule has 0 saturated carbocycles. The molecule has 3 heterocycles. The van der Waals surface area contributed by atoms with E-state index in [1.165, 1.54) is 0 Å². The lowest BCUT2D eigenvalue weighted by Crippen LogP contribution is -2.28. The third-order valence-corrected chi connectivity index (χ3v) is 2.87. The Balaban J connectivity index is 1.90. The van der Waals surface area contributed by atoms with Crippen LogP contribution in [0.1, 0.15) is 12.8 Å². The van der Waals surface area contributed by atoms with E-state index in [0.29, 0.717) is 11.7 Å². The molecule has 0 bridgehead atoms. The van der Waals surface area contributed by atoms with E-state index in [0.717, 1.165) is 37.4 Å². The molecule has 7 heteroatoms. The zero-order valence-electron chi connectivity index (χ0n) is 9.31. The minimum atomic E-state index is 0.235. The van der Waals surface area contributed by atoms with Crippen LogP contribution in [0.25, 0.3) is 11.2 Å². The van der Waals surface area contributed by atoms with Crippen molar-refractivity contribution in [3.8, 4) is 0 Å². The number of ether oxygens (including phenoxy) is 1. The fourth-order valence-corrected chi connectivity index (χ4v) is 1.99. The number of nitrogens with one attached hydrogen (secondary N) is 2. The van der Waals surface area contributed by atoms with Crippen molar-refractivity contribution in [2.75, 3.05) is 24.3 Å². The Kier molecular flexibility index (Phi) is 2.52. The topological polar surface area (TPSA) is 102 Å². The van der Waals surface area contributed by atoms with Crippen LogP contribution in [0.2, 0.25) is 0 Å². The van der Waals surface area contributed by atoms with E-state index in [-0.39, 0.29) is 5.95 Å². The number of nitrogens with zero attached hydrogens (tertiary/aromatic N) is 3. The van der Waals surface area contributed by atoms with Gasteiger partial charge in [-0.05, 0) is 12.8 Å². The number of hydrogen-bond acceptors (Lipinski definition) is 6. The molecule has 0 atom stereocenters. The van der Waals surface area contributed by atoms with Crippen LogP contribution in [0.3, 0.4) is 0 Å². The number of rotatable bonds is 2. The number of nitrogens with two attached hydrogens (primary N) is 1. The highest BCUT2D eigenvalue weighted by Gasteiger charge is 2.16.